The maximum atomic E-state index is 11.6. The van der Waals surface area contributed by atoms with Crippen LogP contribution in [0.5, 0.6) is 0 Å². The van der Waals surface area contributed by atoms with Gasteiger partial charge in [0.2, 0.25) is 0 Å². The Morgan fingerprint density at radius 2 is 1.89 bits per heavy atom. The molecule has 0 aromatic carbocycles. The monoisotopic (exact) mass is 271 g/mol. The molecule has 0 heterocycles. The van der Waals surface area contributed by atoms with E-state index in [4.69, 9.17) is 5.73 Å². The lowest BCUT2D eigenvalue weighted by Crippen LogP contribution is -2.48. The SMILES string of the molecule is CC1CCC(NC(=O)C(=O)NCC(N)=S)CC1C. The second-order valence-electron chi connectivity index (χ2n) is 5.09. The number of nitrogens with two attached hydrogens (primary N) is 1. The lowest BCUT2D eigenvalue weighted by Gasteiger charge is -2.32. The van der Waals surface area contributed by atoms with Crippen molar-refractivity contribution in [2.24, 2.45) is 17.6 Å². The van der Waals surface area contributed by atoms with Crippen LogP contribution in [0.15, 0.2) is 0 Å². The molecule has 1 fully saturated rings. The third-order valence-electron chi connectivity index (χ3n) is 3.56. The lowest BCUT2D eigenvalue weighted by molar-refractivity contribution is -0.139. The molecule has 0 aromatic heterocycles. The predicted molar refractivity (Wildman–Crippen MR) is 73.9 cm³/mol. The van der Waals surface area contributed by atoms with Gasteiger partial charge in [0.1, 0.15) is 0 Å². The predicted octanol–water partition coefficient (Wildman–Crippen LogP) is 0.330. The van der Waals surface area contributed by atoms with Gasteiger partial charge in [0, 0.05) is 6.04 Å². The van der Waals surface area contributed by atoms with Crippen LogP contribution in [0.4, 0.5) is 0 Å². The van der Waals surface area contributed by atoms with Crippen LogP contribution in [0.1, 0.15) is 33.1 Å². The van der Waals surface area contributed by atoms with Crippen LogP contribution in [0.25, 0.3) is 0 Å². The zero-order chi connectivity index (χ0) is 13.7. The smallest absolute Gasteiger partial charge is 0.309 e. The Balaban J connectivity index is 2.35. The van der Waals surface area contributed by atoms with E-state index >= 15 is 0 Å². The molecule has 0 spiro atoms. The van der Waals surface area contributed by atoms with E-state index in [2.05, 4.69) is 36.7 Å². The molecule has 0 bridgehead atoms. The van der Waals surface area contributed by atoms with Gasteiger partial charge in [-0.15, -0.1) is 0 Å². The van der Waals surface area contributed by atoms with E-state index in [1.54, 1.807) is 0 Å². The summed E-state index contributed by atoms with van der Waals surface area (Å²) in [6, 6.07) is 0.0966. The van der Waals surface area contributed by atoms with Crippen molar-refractivity contribution < 1.29 is 9.59 Å². The summed E-state index contributed by atoms with van der Waals surface area (Å²) in [5.41, 5.74) is 5.24. The summed E-state index contributed by atoms with van der Waals surface area (Å²) in [6.45, 7) is 4.45. The van der Waals surface area contributed by atoms with Gasteiger partial charge in [0.05, 0.1) is 11.5 Å². The number of nitrogens with one attached hydrogen (secondary N) is 2. The largest absolute Gasteiger partial charge is 0.392 e. The van der Waals surface area contributed by atoms with Gasteiger partial charge in [-0.3, -0.25) is 9.59 Å². The molecule has 5 nitrogen and oxygen atoms in total. The van der Waals surface area contributed by atoms with E-state index in [9.17, 15) is 9.59 Å². The molecule has 6 heteroatoms. The third-order valence-corrected chi connectivity index (χ3v) is 3.71. The standard InChI is InChI=1S/C12H21N3O2S/c1-7-3-4-9(5-8(7)2)15-12(17)11(16)14-6-10(13)18/h7-9H,3-6H2,1-2H3,(H2,13,18)(H,14,16)(H,15,17). The van der Waals surface area contributed by atoms with Gasteiger partial charge in [-0.1, -0.05) is 26.1 Å². The molecule has 2 amide bonds. The minimum Gasteiger partial charge on any atom is -0.392 e. The summed E-state index contributed by atoms with van der Waals surface area (Å²) in [5, 5.41) is 5.13. The molecule has 1 aliphatic carbocycles. The zero-order valence-electron chi connectivity index (χ0n) is 10.9. The summed E-state index contributed by atoms with van der Waals surface area (Å²) in [5.74, 6) is -0.0163. The van der Waals surface area contributed by atoms with Crippen molar-refractivity contribution in [3.63, 3.8) is 0 Å². The van der Waals surface area contributed by atoms with Crippen LogP contribution >= 0.6 is 12.2 Å². The maximum Gasteiger partial charge on any atom is 0.309 e. The Hall–Kier alpha value is -1.17. The fourth-order valence-electron chi connectivity index (χ4n) is 2.18. The van der Waals surface area contributed by atoms with Crippen molar-refractivity contribution in [3.05, 3.63) is 0 Å². The molecule has 1 saturated carbocycles. The topological polar surface area (TPSA) is 84.2 Å². The summed E-state index contributed by atoms with van der Waals surface area (Å²) in [4.78, 5) is 23.2. The van der Waals surface area contributed by atoms with Crippen LogP contribution in [-0.4, -0.2) is 29.4 Å². The first kappa shape index (κ1) is 14.9. The Labute approximate surface area is 113 Å². The molecule has 102 valence electrons. The van der Waals surface area contributed by atoms with E-state index in [-0.39, 0.29) is 17.6 Å². The molecule has 1 rings (SSSR count). The Morgan fingerprint density at radius 3 is 2.44 bits per heavy atom. The molecule has 3 unspecified atom stereocenters. The second-order valence-corrected chi connectivity index (χ2v) is 5.61. The average Bonchev–Trinajstić information content (AvgIpc) is 2.30. The second kappa shape index (κ2) is 6.68. The van der Waals surface area contributed by atoms with Gasteiger partial charge < -0.3 is 16.4 Å². The van der Waals surface area contributed by atoms with Crippen LogP contribution in [-0.2, 0) is 9.59 Å². The molecule has 0 radical (unpaired) electrons. The third kappa shape index (κ3) is 4.60. The van der Waals surface area contributed by atoms with Crippen LogP contribution in [0, 0.1) is 11.8 Å². The number of hydrogen-bond donors (Lipinski definition) is 3. The zero-order valence-corrected chi connectivity index (χ0v) is 11.7. The Bertz CT molecular complexity index is 346. The van der Waals surface area contributed by atoms with Crippen molar-refractivity contribution in [1.82, 2.24) is 10.6 Å². The van der Waals surface area contributed by atoms with Gasteiger partial charge in [-0.05, 0) is 31.1 Å². The van der Waals surface area contributed by atoms with Crippen LogP contribution < -0.4 is 16.4 Å². The number of amides is 2. The molecule has 0 saturated heterocycles. The van der Waals surface area contributed by atoms with Gasteiger partial charge in [-0.2, -0.15) is 0 Å². The summed E-state index contributed by atoms with van der Waals surface area (Å²) in [7, 11) is 0. The van der Waals surface area contributed by atoms with E-state index in [1.807, 2.05) is 0 Å². The summed E-state index contributed by atoms with van der Waals surface area (Å²) in [6.07, 6.45) is 2.94. The molecule has 0 aromatic rings. The average molecular weight is 271 g/mol. The first-order valence-corrected chi connectivity index (χ1v) is 6.68. The number of carbonyl (C=O) groups is 2. The number of hydrogen-bond acceptors (Lipinski definition) is 3. The van der Waals surface area contributed by atoms with Crippen LogP contribution in [0.3, 0.4) is 0 Å². The minimum absolute atomic E-state index is 0.0552. The van der Waals surface area contributed by atoms with Gasteiger partial charge in [-0.25, -0.2) is 0 Å². The van der Waals surface area contributed by atoms with E-state index in [0.29, 0.717) is 11.8 Å². The van der Waals surface area contributed by atoms with E-state index in [0.717, 1.165) is 19.3 Å². The van der Waals surface area contributed by atoms with E-state index < -0.39 is 11.8 Å². The van der Waals surface area contributed by atoms with Crippen molar-refractivity contribution in [3.8, 4) is 0 Å². The van der Waals surface area contributed by atoms with Gasteiger partial charge in [0.25, 0.3) is 0 Å². The number of carbonyl (C=O) groups excluding carboxylic acids is 2. The Kier molecular flexibility index (Phi) is 5.53. The maximum absolute atomic E-state index is 11.6. The van der Waals surface area contributed by atoms with Crippen LogP contribution in [0.2, 0.25) is 0 Å². The van der Waals surface area contributed by atoms with Gasteiger partial charge in [0.15, 0.2) is 0 Å². The normalized spacial score (nSPS) is 27.3. The van der Waals surface area contributed by atoms with E-state index in [1.165, 1.54) is 0 Å². The fourth-order valence-corrected chi connectivity index (χ4v) is 2.25. The quantitative estimate of drug-likeness (QED) is 0.510. The van der Waals surface area contributed by atoms with Crippen molar-refractivity contribution in [1.29, 1.82) is 0 Å². The highest BCUT2D eigenvalue weighted by Gasteiger charge is 2.27. The molecule has 0 aliphatic heterocycles. The van der Waals surface area contributed by atoms with Crippen molar-refractivity contribution in [2.75, 3.05) is 6.54 Å². The highest BCUT2D eigenvalue weighted by atomic mass is 32.1. The summed E-state index contributed by atoms with van der Waals surface area (Å²) < 4.78 is 0. The van der Waals surface area contributed by atoms with Crippen molar-refractivity contribution >= 4 is 29.0 Å². The Morgan fingerprint density at radius 1 is 1.22 bits per heavy atom. The van der Waals surface area contributed by atoms with Gasteiger partial charge >= 0.3 is 11.8 Å². The summed E-state index contributed by atoms with van der Waals surface area (Å²) >= 11 is 4.62. The highest BCUT2D eigenvalue weighted by Crippen LogP contribution is 2.29. The molecule has 4 N–H and O–H groups in total. The fraction of sp³-hybridized carbons (Fsp3) is 0.750. The minimum atomic E-state index is -0.672. The molecular formula is C12H21N3O2S. The first-order valence-electron chi connectivity index (χ1n) is 6.27. The van der Waals surface area contributed by atoms with Crippen molar-refractivity contribution in [2.45, 2.75) is 39.2 Å². The molecule has 3 atom stereocenters. The molecular weight excluding hydrogens is 250 g/mol. The molecule has 18 heavy (non-hydrogen) atoms. The first-order chi connectivity index (χ1) is 8.40. The molecule has 1 aliphatic rings. The highest BCUT2D eigenvalue weighted by molar-refractivity contribution is 7.80. The number of thiocarbonyl (C=S) groups is 1. The lowest BCUT2D eigenvalue weighted by atomic mass is 9.79. The number of rotatable bonds is 3.